The molecule has 1 atom stereocenters. The minimum atomic E-state index is -0.793. The third-order valence-corrected chi connectivity index (χ3v) is 7.48. The monoisotopic (exact) mass is 641 g/mol. The van der Waals surface area contributed by atoms with Crippen molar-refractivity contribution in [1.29, 1.82) is 0 Å². The molecule has 0 amide bonds. The molecule has 0 heterocycles. The zero-order chi connectivity index (χ0) is 33.6. The van der Waals surface area contributed by atoms with E-state index in [2.05, 4.69) is 86.8 Å². The van der Waals surface area contributed by atoms with Gasteiger partial charge in [-0.2, -0.15) is 0 Å². The average Bonchev–Trinajstić information content (AvgIpc) is 3.06. The SMILES string of the molecule is CC/C=C/C/C=C/C/C=C/CCCCCCCC(=O)OC[C@H](CO)OC(=O)CCCCCC/C=C/C/C=C/C/C=C/CCCCC. The average molecular weight is 641 g/mol. The fraction of sp³-hybridized carbons (Fsp3) is 0.659. The lowest BCUT2D eigenvalue weighted by molar-refractivity contribution is -0.161. The van der Waals surface area contributed by atoms with E-state index in [0.717, 1.165) is 96.3 Å². The lowest BCUT2D eigenvalue weighted by Crippen LogP contribution is -2.28. The third kappa shape index (κ3) is 34.2. The van der Waals surface area contributed by atoms with Gasteiger partial charge < -0.3 is 14.6 Å². The van der Waals surface area contributed by atoms with Crippen LogP contribution in [0.3, 0.4) is 0 Å². The van der Waals surface area contributed by atoms with Crippen LogP contribution in [0.4, 0.5) is 0 Å². The Morgan fingerprint density at radius 1 is 0.522 bits per heavy atom. The molecule has 0 saturated heterocycles. The molecule has 0 spiro atoms. The molecule has 5 nitrogen and oxygen atoms in total. The second-order valence-electron chi connectivity index (χ2n) is 11.9. The second kappa shape index (κ2) is 36.8. The Kier molecular flexibility index (Phi) is 34.7. The number of aliphatic hydroxyl groups is 1. The summed E-state index contributed by atoms with van der Waals surface area (Å²) in [6, 6.07) is 0. The summed E-state index contributed by atoms with van der Waals surface area (Å²) in [5, 5.41) is 9.53. The van der Waals surface area contributed by atoms with Gasteiger partial charge in [0.1, 0.15) is 6.61 Å². The number of hydrogen-bond acceptors (Lipinski definition) is 5. The summed E-state index contributed by atoms with van der Waals surface area (Å²) in [5.74, 6) is -0.644. The van der Waals surface area contributed by atoms with Crippen LogP contribution in [-0.2, 0) is 19.1 Å². The highest BCUT2D eigenvalue weighted by atomic mass is 16.6. The second-order valence-corrected chi connectivity index (χ2v) is 11.9. The van der Waals surface area contributed by atoms with E-state index in [1.165, 1.54) is 32.1 Å². The van der Waals surface area contributed by atoms with E-state index < -0.39 is 6.10 Å². The van der Waals surface area contributed by atoms with Gasteiger partial charge in [0.05, 0.1) is 6.61 Å². The zero-order valence-electron chi connectivity index (χ0n) is 29.6. The van der Waals surface area contributed by atoms with E-state index in [0.29, 0.717) is 12.8 Å². The van der Waals surface area contributed by atoms with E-state index in [4.69, 9.17) is 9.47 Å². The molecule has 0 bridgehead atoms. The summed E-state index contributed by atoms with van der Waals surface area (Å²) in [5.41, 5.74) is 0. The van der Waals surface area contributed by atoms with Crippen molar-refractivity contribution in [3.8, 4) is 0 Å². The van der Waals surface area contributed by atoms with E-state index in [9.17, 15) is 14.7 Å². The van der Waals surface area contributed by atoms with E-state index >= 15 is 0 Å². The molecule has 5 heteroatoms. The van der Waals surface area contributed by atoms with E-state index in [1.807, 2.05) is 0 Å². The molecular formula is C41H68O5. The van der Waals surface area contributed by atoms with Crippen LogP contribution in [0.5, 0.6) is 0 Å². The summed E-state index contributed by atoms with van der Waals surface area (Å²) in [4.78, 5) is 24.2. The van der Waals surface area contributed by atoms with E-state index in [1.54, 1.807) is 0 Å². The van der Waals surface area contributed by atoms with Gasteiger partial charge in [-0.15, -0.1) is 0 Å². The maximum absolute atomic E-state index is 12.1. The number of carbonyl (C=O) groups excluding carboxylic acids is 2. The van der Waals surface area contributed by atoms with Crippen LogP contribution in [0, 0.1) is 0 Å². The Morgan fingerprint density at radius 2 is 0.935 bits per heavy atom. The summed E-state index contributed by atoms with van der Waals surface area (Å²) in [6.45, 7) is 3.94. The molecule has 0 aliphatic heterocycles. The van der Waals surface area contributed by atoms with Gasteiger partial charge in [-0.1, -0.05) is 132 Å². The normalized spacial score (nSPS) is 13.0. The van der Waals surface area contributed by atoms with Gasteiger partial charge in [-0.3, -0.25) is 9.59 Å². The van der Waals surface area contributed by atoms with Gasteiger partial charge in [0.15, 0.2) is 6.10 Å². The number of aliphatic hydroxyl groups excluding tert-OH is 1. The van der Waals surface area contributed by atoms with Crippen molar-refractivity contribution in [3.05, 3.63) is 72.9 Å². The Balaban J connectivity index is 3.67. The molecule has 0 rings (SSSR count). The first-order valence-corrected chi connectivity index (χ1v) is 18.5. The summed E-state index contributed by atoms with van der Waals surface area (Å²) < 4.78 is 10.6. The van der Waals surface area contributed by atoms with Crippen LogP contribution >= 0.6 is 0 Å². The number of ether oxygens (including phenoxy) is 2. The van der Waals surface area contributed by atoms with Crippen LogP contribution in [0.2, 0.25) is 0 Å². The van der Waals surface area contributed by atoms with Crippen LogP contribution in [0.25, 0.3) is 0 Å². The molecule has 262 valence electrons. The maximum Gasteiger partial charge on any atom is 0.306 e. The van der Waals surface area contributed by atoms with Crippen LogP contribution in [0.1, 0.15) is 155 Å². The summed E-state index contributed by atoms with van der Waals surface area (Å²) in [6.07, 6.45) is 48.1. The number of hydrogen-bond donors (Lipinski definition) is 1. The molecule has 0 aromatic rings. The molecule has 0 aromatic heterocycles. The lowest BCUT2D eigenvalue weighted by Gasteiger charge is -2.15. The zero-order valence-corrected chi connectivity index (χ0v) is 29.6. The van der Waals surface area contributed by atoms with Crippen molar-refractivity contribution < 1.29 is 24.2 Å². The Labute approximate surface area is 283 Å². The van der Waals surface area contributed by atoms with Gasteiger partial charge in [0.2, 0.25) is 0 Å². The first kappa shape index (κ1) is 43.3. The van der Waals surface area contributed by atoms with Crippen LogP contribution < -0.4 is 0 Å². The fourth-order valence-electron chi connectivity index (χ4n) is 4.69. The van der Waals surface area contributed by atoms with Gasteiger partial charge in [-0.25, -0.2) is 0 Å². The smallest absolute Gasteiger partial charge is 0.306 e. The molecule has 0 saturated carbocycles. The van der Waals surface area contributed by atoms with Crippen molar-refractivity contribution in [2.75, 3.05) is 13.2 Å². The topological polar surface area (TPSA) is 72.8 Å². The van der Waals surface area contributed by atoms with Crippen molar-refractivity contribution in [2.24, 2.45) is 0 Å². The van der Waals surface area contributed by atoms with Crippen molar-refractivity contribution >= 4 is 11.9 Å². The number of unbranched alkanes of at least 4 members (excludes halogenated alkanes) is 12. The number of rotatable bonds is 32. The van der Waals surface area contributed by atoms with Crippen molar-refractivity contribution in [1.82, 2.24) is 0 Å². The molecule has 0 aliphatic rings. The van der Waals surface area contributed by atoms with Crippen molar-refractivity contribution in [3.63, 3.8) is 0 Å². The molecule has 0 radical (unpaired) electrons. The van der Waals surface area contributed by atoms with E-state index in [-0.39, 0.29) is 25.2 Å². The first-order valence-electron chi connectivity index (χ1n) is 18.5. The third-order valence-electron chi connectivity index (χ3n) is 7.48. The predicted octanol–water partition coefficient (Wildman–Crippen LogP) is 11.4. The molecule has 0 aromatic carbocycles. The number of allylic oxidation sites excluding steroid dienone is 12. The maximum atomic E-state index is 12.1. The largest absolute Gasteiger partial charge is 0.462 e. The number of carbonyl (C=O) groups is 2. The highest BCUT2D eigenvalue weighted by Crippen LogP contribution is 2.10. The first-order chi connectivity index (χ1) is 22.6. The van der Waals surface area contributed by atoms with Gasteiger partial charge in [0, 0.05) is 12.8 Å². The summed E-state index contributed by atoms with van der Waals surface area (Å²) >= 11 is 0. The van der Waals surface area contributed by atoms with Gasteiger partial charge in [0.25, 0.3) is 0 Å². The quantitative estimate of drug-likeness (QED) is 0.0450. The highest BCUT2D eigenvalue weighted by Gasteiger charge is 2.16. The minimum absolute atomic E-state index is 0.0880. The Hall–Kier alpha value is -2.66. The van der Waals surface area contributed by atoms with Crippen molar-refractivity contribution in [2.45, 2.75) is 161 Å². The molecule has 0 fully saturated rings. The van der Waals surface area contributed by atoms with Gasteiger partial charge in [-0.05, 0) is 83.5 Å². The lowest BCUT2D eigenvalue weighted by atomic mass is 10.1. The standard InChI is InChI=1S/C41H68O5/c1-3-5-7-9-11-13-15-17-19-20-22-24-26-28-30-32-34-36-41(44)46-39(37-42)38-45-40(43)35-33-31-29-27-25-23-21-18-16-14-12-10-8-6-4-2/h6,8,11-14,17-19,21-22,24,39,42H,3-5,7,9-10,15-16,20,23,25-38H2,1-2H3/b8-6+,13-11+,14-12+,19-17+,21-18+,24-22+/t39-/m0/s1. The summed E-state index contributed by atoms with van der Waals surface area (Å²) in [7, 11) is 0. The molecular weight excluding hydrogens is 572 g/mol. The Bertz CT molecular complexity index is 864. The molecule has 0 aliphatic carbocycles. The highest BCUT2D eigenvalue weighted by molar-refractivity contribution is 5.70. The molecule has 0 unspecified atom stereocenters. The Morgan fingerprint density at radius 3 is 1.41 bits per heavy atom. The molecule has 46 heavy (non-hydrogen) atoms. The fourth-order valence-corrected chi connectivity index (χ4v) is 4.69. The number of esters is 2. The molecule has 1 N–H and O–H groups in total. The van der Waals surface area contributed by atoms with Gasteiger partial charge >= 0.3 is 11.9 Å². The van der Waals surface area contributed by atoms with Crippen LogP contribution in [-0.4, -0.2) is 36.4 Å². The van der Waals surface area contributed by atoms with Crippen LogP contribution in [0.15, 0.2) is 72.9 Å². The minimum Gasteiger partial charge on any atom is -0.462 e. The predicted molar refractivity (Wildman–Crippen MR) is 196 cm³/mol.